The van der Waals surface area contributed by atoms with Gasteiger partial charge in [-0.15, -0.1) is 0 Å². The standard InChI is InChI=1S/C22H24BrN3O3/c1-28-21-12-20-16(13-24-15-26(20)18-5-2-4-17(23)11-18)10-22(21)29-9-3-7-25-8-6-19(27)14-25/h2,4-5,10-13H,3,6-9,14-15H2,1H3. The predicted molar refractivity (Wildman–Crippen MR) is 118 cm³/mol. The number of anilines is 2. The number of rotatable bonds is 7. The average molecular weight is 458 g/mol. The maximum atomic E-state index is 11.4. The van der Waals surface area contributed by atoms with E-state index in [1.54, 1.807) is 7.11 Å². The van der Waals surface area contributed by atoms with Crippen LogP contribution < -0.4 is 14.4 Å². The van der Waals surface area contributed by atoms with Crippen LogP contribution in [0.4, 0.5) is 11.4 Å². The third kappa shape index (κ3) is 4.62. The maximum Gasteiger partial charge on any atom is 0.162 e. The van der Waals surface area contributed by atoms with Gasteiger partial charge in [0.1, 0.15) is 12.5 Å². The van der Waals surface area contributed by atoms with Gasteiger partial charge in [-0.25, -0.2) is 0 Å². The summed E-state index contributed by atoms with van der Waals surface area (Å²) in [7, 11) is 1.66. The summed E-state index contributed by atoms with van der Waals surface area (Å²) in [6, 6.07) is 12.2. The van der Waals surface area contributed by atoms with Crippen LogP contribution in [0.1, 0.15) is 18.4 Å². The molecule has 4 rings (SSSR count). The molecule has 0 atom stereocenters. The molecule has 2 aliphatic rings. The van der Waals surface area contributed by atoms with Crippen molar-refractivity contribution in [1.82, 2.24) is 4.90 Å². The van der Waals surface area contributed by atoms with E-state index in [9.17, 15) is 4.79 Å². The van der Waals surface area contributed by atoms with Crippen molar-refractivity contribution in [3.8, 4) is 11.5 Å². The Labute approximate surface area is 179 Å². The maximum absolute atomic E-state index is 11.4. The second-order valence-electron chi connectivity index (χ2n) is 7.19. The predicted octanol–water partition coefficient (Wildman–Crippen LogP) is 4.03. The van der Waals surface area contributed by atoms with Gasteiger partial charge in [-0.2, -0.15) is 0 Å². The summed E-state index contributed by atoms with van der Waals surface area (Å²) in [4.78, 5) is 20.2. The van der Waals surface area contributed by atoms with Crippen LogP contribution >= 0.6 is 15.9 Å². The first-order chi connectivity index (χ1) is 14.1. The molecule has 2 aliphatic heterocycles. The molecule has 1 fully saturated rings. The van der Waals surface area contributed by atoms with Crippen LogP contribution in [0.25, 0.3) is 0 Å². The fourth-order valence-corrected chi connectivity index (χ4v) is 4.07. The van der Waals surface area contributed by atoms with E-state index < -0.39 is 0 Å². The molecule has 0 aromatic heterocycles. The van der Waals surface area contributed by atoms with Crippen LogP contribution in [0.3, 0.4) is 0 Å². The van der Waals surface area contributed by atoms with Gasteiger partial charge in [0, 0.05) is 47.5 Å². The lowest BCUT2D eigenvalue weighted by Crippen LogP contribution is -2.23. The molecule has 0 amide bonds. The smallest absolute Gasteiger partial charge is 0.162 e. The fourth-order valence-electron chi connectivity index (χ4n) is 3.69. The molecule has 2 heterocycles. The first-order valence-corrected chi connectivity index (χ1v) is 10.5. The summed E-state index contributed by atoms with van der Waals surface area (Å²) >= 11 is 3.54. The first kappa shape index (κ1) is 19.9. The SMILES string of the molecule is COc1cc2c(cc1OCCCN1CCC(=O)C1)C=NCN2c1cccc(Br)c1. The van der Waals surface area contributed by atoms with Gasteiger partial charge in [0.05, 0.1) is 25.9 Å². The third-order valence-electron chi connectivity index (χ3n) is 5.16. The zero-order valence-electron chi connectivity index (χ0n) is 16.4. The van der Waals surface area contributed by atoms with Gasteiger partial charge in [-0.3, -0.25) is 14.7 Å². The number of hydrogen-bond donors (Lipinski definition) is 0. The molecule has 0 spiro atoms. The Morgan fingerprint density at radius 2 is 2.10 bits per heavy atom. The Morgan fingerprint density at radius 1 is 1.21 bits per heavy atom. The average Bonchev–Trinajstić information content (AvgIpc) is 3.15. The minimum absolute atomic E-state index is 0.330. The Morgan fingerprint density at radius 3 is 2.86 bits per heavy atom. The highest BCUT2D eigenvalue weighted by molar-refractivity contribution is 9.10. The molecule has 2 aromatic rings. The molecular weight excluding hydrogens is 434 g/mol. The van der Waals surface area contributed by atoms with Gasteiger partial charge in [0.2, 0.25) is 0 Å². The molecule has 6 nitrogen and oxygen atoms in total. The lowest BCUT2D eigenvalue weighted by Gasteiger charge is -2.28. The number of nitrogens with zero attached hydrogens (tertiary/aromatic N) is 3. The van der Waals surface area contributed by atoms with E-state index in [4.69, 9.17) is 9.47 Å². The number of benzene rings is 2. The highest BCUT2D eigenvalue weighted by Gasteiger charge is 2.21. The molecule has 2 aromatic carbocycles. The highest BCUT2D eigenvalue weighted by Crippen LogP contribution is 2.39. The number of ether oxygens (including phenoxy) is 2. The van der Waals surface area contributed by atoms with Crippen molar-refractivity contribution in [3.63, 3.8) is 0 Å². The topological polar surface area (TPSA) is 54.4 Å². The van der Waals surface area contributed by atoms with Gasteiger partial charge in [0.15, 0.2) is 11.5 Å². The Balaban J connectivity index is 1.47. The van der Waals surface area contributed by atoms with Gasteiger partial charge in [0.25, 0.3) is 0 Å². The lowest BCUT2D eigenvalue weighted by molar-refractivity contribution is -0.116. The number of carbonyl (C=O) groups is 1. The minimum atomic E-state index is 0.330. The van der Waals surface area contributed by atoms with Gasteiger partial charge < -0.3 is 14.4 Å². The van der Waals surface area contributed by atoms with Gasteiger partial charge >= 0.3 is 0 Å². The fraction of sp³-hybridized carbons (Fsp3) is 0.364. The van der Waals surface area contributed by atoms with E-state index >= 15 is 0 Å². The second kappa shape index (κ2) is 8.97. The molecule has 29 heavy (non-hydrogen) atoms. The summed E-state index contributed by atoms with van der Waals surface area (Å²) in [5.74, 6) is 1.75. The molecule has 0 saturated carbocycles. The highest BCUT2D eigenvalue weighted by atomic mass is 79.9. The number of methoxy groups -OCH3 is 1. The molecule has 7 heteroatoms. The summed E-state index contributed by atoms with van der Waals surface area (Å²) < 4.78 is 12.6. The van der Waals surface area contributed by atoms with E-state index in [-0.39, 0.29) is 0 Å². The van der Waals surface area contributed by atoms with Crippen LogP contribution in [0.2, 0.25) is 0 Å². The lowest BCUT2D eigenvalue weighted by atomic mass is 10.1. The Kier molecular flexibility index (Phi) is 6.16. The Bertz CT molecular complexity index is 932. The van der Waals surface area contributed by atoms with E-state index in [0.29, 0.717) is 43.5 Å². The molecule has 152 valence electrons. The number of likely N-dealkylation sites (tertiary alicyclic amines) is 1. The van der Waals surface area contributed by atoms with Crippen molar-refractivity contribution in [3.05, 3.63) is 46.4 Å². The minimum Gasteiger partial charge on any atom is -0.493 e. The second-order valence-corrected chi connectivity index (χ2v) is 8.11. The van der Waals surface area contributed by atoms with Crippen molar-refractivity contribution in [2.45, 2.75) is 12.8 Å². The summed E-state index contributed by atoms with van der Waals surface area (Å²) in [5.41, 5.74) is 3.10. The number of fused-ring (bicyclic) bond motifs is 1. The van der Waals surface area contributed by atoms with Crippen molar-refractivity contribution < 1.29 is 14.3 Å². The molecule has 0 radical (unpaired) electrons. The molecule has 0 bridgehead atoms. The monoisotopic (exact) mass is 457 g/mol. The molecule has 0 unspecified atom stereocenters. The third-order valence-corrected chi connectivity index (χ3v) is 5.65. The van der Waals surface area contributed by atoms with Crippen LogP contribution in [0.15, 0.2) is 45.9 Å². The van der Waals surface area contributed by atoms with Crippen molar-refractivity contribution in [2.75, 3.05) is 44.9 Å². The number of ketones is 1. The zero-order chi connectivity index (χ0) is 20.2. The van der Waals surface area contributed by atoms with E-state index in [1.165, 1.54) is 0 Å². The van der Waals surface area contributed by atoms with E-state index in [2.05, 4.69) is 42.9 Å². The summed E-state index contributed by atoms with van der Waals surface area (Å²) in [5, 5.41) is 0. The van der Waals surface area contributed by atoms with E-state index in [0.717, 1.165) is 40.9 Å². The number of halogens is 1. The normalized spacial score (nSPS) is 16.2. The zero-order valence-corrected chi connectivity index (χ0v) is 18.0. The van der Waals surface area contributed by atoms with Gasteiger partial charge in [-0.1, -0.05) is 22.0 Å². The number of aliphatic imine (C=N–C) groups is 1. The van der Waals surface area contributed by atoms with Crippen molar-refractivity contribution in [2.24, 2.45) is 4.99 Å². The molecular formula is C22H24BrN3O3. The molecule has 1 saturated heterocycles. The van der Waals surface area contributed by atoms with Crippen LogP contribution in [-0.4, -0.2) is 56.9 Å². The summed E-state index contributed by atoms with van der Waals surface area (Å²) in [6.07, 6.45) is 3.42. The van der Waals surface area contributed by atoms with Crippen molar-refractivity contribution in [1.29, 1.82) is 0 Å². The van der Waals surface area contributed by atoms with Crippen LogP contribution in [0.5, 0.6) is 11.5 Å². The van der Waals surface area contributed by atoms with Crippen LogP contribution in [-0.2, 0) is 4.79 Å². The Hall–Kier alpha value is -2.38. The summed E-state index contributed by atoms with van der Waals surface area (Å²) in [6.45, 7) is 3.44. The van der Waals surface area contributed by atoms with Crippen LogP contribution in [0, 0.1) is 0 Å². The quantitative estimate of drug-likeness (QED) is 0.587. The number of carbonyl (C=O) groups excluding carboxylic acids is 1. The number of Topliss-reactive ketones (excluding diaryl/α,β-unsaturated/α-hetero) is 1. The molecule has 0 N–H and O–H groups in total. The number of hydrogen-bond acceptors (Lipinski definition) is 6. The van der Waals surface area contributed by atoms with Crippen molar-refractivity contribution >= 4 is 39.3 Å². The van der Waals surface area contributed by atoms with E-state index in [1.807, 2.05) is 30.5 Å². The largest absolute Gasteiger partial charge is 0.493 e. The molecule has 0 aliphatic carbocycles. The first-order valence-electron chi connectivity index (χ1n) is 9.76. The van der Waals surface area contributed by atoms with Gasteiger partial charge in [-0.05, 0) is 30.7 Å².